The van der Waals surface area contributed by atoms with Crippen molar-refractivity contribution in [1.82, 2.24) is 20.0 Å². The smallest absolute Gasteiger partial charge is 0.274 e. The molecule has 0 spiro atoms. The maximum atomic E-state index is 13.3. The van der Waals surface area contributed by atoms with Gasteiger partial charge in [-0.25, -0.2) is 4.68 Å². The monoisotopic (exact) mass is 388 g/mol. The summed E-state index contributed by atoms with van der Waals surface area (Å²) in [6.07, 6.45) is 6.27. The Kier molecular flexibility index (Phi) is 6.22. The van der Waals surface area contributed by atoms with Crippen molar-refractivity contribution in [1.29, 1.82) is 0 Å². The highest BCUT2D eigenvalue weighted by molar-refractivity contribution is 5.94. The van der Waals surface area contributed by atoms with E-state index < -0.39 is 0 Å². The third kappa shape index (κ3) is 3.63. The number of fused-ring (bicyclic) bond motifs is 1. The molecule has 1 N–H and O–H groups in total. The third-order valence-corrected chi connectivity index (χ3v) is 5.80. The fourth-order valence-electron chi connectivity index (χ4n) is 4.38. The molecular formula is C21H29ClN4O. The van der Waals surface area contributed by atoms with Gasteiger partial charge in [-0.1, -0.05) is 19.1 Å². The highest BCUT2D eigenvalue weighted by Gasteiger charge is 2.34. The van der Waals surface area contributed by atoms with Crippen LogP contribution in [-0.4, -0.2) is 46.8 Å². The minimum absolute atomic E-state index is 0. The van der Waals surface area contributed by atoms with Gasteiger partial charge >= 0.3 is 0 Å². The highest BCUT2D eigenvalue weighted by Crippen LogP contribution is 2.30. The number of nitrogens with zero attached hydrogens (tertiary/aromatic N) is 3. The maximum absolute atomic E-state index is 13.3. The van der Waals surface area contributed by atoms with Crippen molar-refractivity contribution < 1.29 is 4.79 Å². The Labute approximate surface area is 167 Å². The first-order valence-electron chi connectivity index (χ1n) is 9.88. The molecule has 1 unspecified atom stereocenters. The number of carbonyl (C=O) groups excluding carboxylic acids is 1. The standard InChI is InChI=1S/C21H28N4O.ClH/c1-3-15-9-11-16(12-10-15)25-19-8-4-7-18(19)20(23-25)21(26)24-13-5-6-17(24)14-22-2;/h9-12,17,22H,3-8,13-14H2,1-2H3;1H. The second-order valence-electron chi connectivity index (χ2n) is 7.41. The van der Waals surface area contributed by atoms with Crippen molar-refractivity contribution >= 4 is 18.3 Å². The summed E-state index contributed by atoms with van der Waals surface area (Å²) in [7, 11) is 1.95. The number of rotatable bonds is 5. The molecule has 1 aromatic heterocycles. The number of benzene rings is 1. The van der Waals surface area contributed by atoms with Gasteiger partial charge in [0.25, 0.3) is 5.91 Å². The van der Waals surface area contributed by atoms with Crippen LogP contribution < -0.4 is 5.32 Å². The number of carbonyl (C=O) groups is 1. The van der Waals surface area contributed by atoms with Gasteiger partial charge in [0.1, 0.15) is 0 Å². The average molecular weight is 389 g/mol. The lowest BCUT2D eigenvalue weighted by molar-refractivity contribution is 0.0729. The molecule has 2 aliphatic rings. The van der Waals surface area contributed by atoms with Crippen molar-refractivity contribution in [2.75, 3.05) is 20.1 Å². The van der Waals surface area contributed by atoms with Gasteiger partial charge in [-0.15, -0.1) is 12.4 Å². The van der Waals surface area contributed by atoms with E-state index in [1.54, 1.807) is 0 Å². The molecule has 1 amide bonds. The van der Waals surface area contributed by atoms with Gasteiger partial charge in [-0.2, -0.15) is 5.10 Å². The van der Waals surface area contributed by atoms with Crippen LogP contribution >= 0.6 is 12.4 Å². The molecule has 1 fully saturated rings. The van der Waals surface area contributed by atoms with Gasteiger partial charge in [-0.05, 0) is 63.3 Å². The largest absolute Gasteiger partial charge is 0.333 e. The van der Waals surface area contributed by atoms with E-state index in [4.69, 9.17) is 5.10 Å². The number of likely N-dealkylation sites (tertiary alicyclic amines) is 1. The van der Waals surface area contributed by atoms with E-state index in [9.17, 15) is 4.79 Å². The lowest BCUT2D eigenvalue weighted by Crippen LogP contribution is -2.41. The van der Waals surface area contributed by atoms with Crippen LogP contribution in [0.5, 0.6) is 0 Å². The van der Waals surface area contributed by atoms with Crippen molar-refractivity contribution in [3.05, 3.63) is 46.8 Å². The summed E-state index contributed by atoms with van der Waals surface area (Å²) in [5.74, 6) is 0.116. The normalized spacial score (nSPS) is 18.4. The molecule has 2 aromatic rings. The lowest BCUT2D eigenvalue weighted by atomic mass is 10.1. The molecule has 146 valence electrons. The first-order chi connectivity index (χ1) is 12.7. The number of amides is 1. The van der Waals surface area contributed by atoms with E-state index >= 15 is 0 Å². The van der Waals surface area contributed by atoms with Gasteiger partial charge in [0.05, 0.1) is 5.69 Å². The van der Waals surface area contributed by atoms with Crippen LogP contribution in [0.25, 0.3) is 5.69 Å². The fraction of sp³-hybridized carbons (Fsp3) is 0.524. The number of nitrogens with one attached hydrogen (secondary N) is 1. The molecule has 2 heterocycles. The molecule has 0 bridgehead atoms. The third-order valence-electron chi connectivity index (χ3n) is 5.80. The Hall–Kier alpha value is -1.85. The Morgan fingerprint density at radius 2 is 2.00 bits per heavy atom. The van der Waals surface area contributed by atoms with Crippen LogP contribution in [-0.2, 0) is 19.3 Å². The second kappa shape index (κ2) is 8.44. The molecule has 1 aliphatic heterocycles. The molecule has 0 saturated carbocycles. The van der Waals surface area contributed by atoms with E-state index in [1.807, 2.05) is 16.6 Å². The zero-order valence-electron chi connectivity index (χ0n) is 16.2. The number of likely N-dealkylation sites (N-methyl/N-ethyl adjacent to an activating group) is 1. The average Bonchev–Trinajstić information content (AvgIpc) is 3.38. The predicted octanol–water partition coefficient (Wildman–Crippen LogP) is 3.17. The minimum atomic E-state index is 0. The van der Waals surface area contributed by atoms with Crippen LogP contribution in [0, 0.1) is 0 Å². The molecule has 4 rings (SSSR count). The van der Waals surface area contributed by atoms with E-state index in [-0.39, 0.29) is 18.3 Å². The summed E-state index contributed by atoms with van der Waals surface area (Å²) in [5, 5.41) is 8.02. The van der Waals surface area contributed by atoms with Gasteiger partial charge in [0.2, 0.25) is 0 Å². The zero-order chi connectivity index (χ0) is 18.1. The summed E-state index contributed by atoms with van der Waals surface area (Å²) in [6, 6.07) is 8.85. The Balaban J connectivity index is 0.00000210. The topological polar surface area (TPSA) is 50.2 Å². The molecule has 27 heavy (non-hydrogen) atoms. The van der Waals surface area contributed by atoms with Crippen LogP contribution in [0.4, 0.5) is 0 Å². The summed E-state index contributed by atoms with van der Waals surface area (Å²) < 4.78 is 2.01. The van der Waals surface area contributed by atoms with E-state index in [1.165, 1.54) is 16.8 Å². The van der Waals surface area contributed by atoms with Crippen molar-refractivity contribution in [2.24, 2.45) is 0 Å². The second-order valence-corrected chi connectivity index (χ2v) is 7.41. The van der Waals surface area contributed by atoms with Crippen LogP contribution in [0.2, 0.25) is 0 Å². The van der Waals surface area contributed by atoms with Gasteiger partial charge in [0, 0.05) is 30.4 Å². The summed E-state index contributed by atoms with van der Waals surface area (Å²) in [5.41, 5.74) is 5.46. The highest BCUT2D eigenvalue weighted by atomic mass is 35.5. The summed E-state index contributed by atoms with van der Waals surface area (Å²) in [6.45, 7) is 3.86. The molecule has 1 saturated heterocycles. The lowest BCUT2D eigenvalue weighted by Gasteiger charge is -2.24. The van der Waals surface area contributed by atoms with Crippen LogP contribution in [0.3, 0.4) is 0 Å². The molecule has 5 nitrogen and oxygen atoms in total. The fourth-order valence-corrected chi connectivity index (χ4v) is 4.38. The predicted molar refractivity (Wildman–Crippen MR) is 110 cm³/mol. The molecule has 0 radical (unpaired) electrons. The van der Waals surface area contributed by atoms with Crippen molar-refractivity contribution in [3.8, 4) is 5.69 Å². The minimum Gasteiger partial charge on any atom is -0.333 e. The van der Waals surface area contributed by atoms with Gasteiger partial charge in [0.15, 0.2) is 5.69 Å². The maximum Gasteiger partial charge on any atom is 0.274 e. The zero-order valence-corrected chi connectivity index (χ0v) is 17.0. The molecule has 6 heteroatoms. The number of hydrogen-bond acceptors (Lipinski definition) is 3. The number of aryl methyl sites for hydroxylation is 1. The van der Waals surface area contributed by atoms with Crippen LogP contribution in [0.1, 0.15) is 53.5 Å². The number of aromatic nitrogens is 2. The van der Waals surface area contributed by atoms with E-state index in [2.05, 4.69) is 36.5 Å². The van der Waals surface area contributed by atoms with Crippen molar-refractivity contribution in [2.45, 2.75) is 51.5 Å². The van der Waals surface area contributed by atoms with Gasteiger partial charge in [-0.3, -0.25) is 4.79 Å². The molecule has 1 aromatic carbocycles. The first kappa shape index (κ1) is 19.9. The molecule has 1 atom stereocenters. The van der Waals surface area contributed by atoms with Gasteiger partial charge < -0.3 is 10.2 Å². The SMILES string of the molecule is CCc1ccc(-n2nc(C(=O)N3CCCC3CNC)c3c2CCC3)cc1.Cl. The Bertz CT molecular complexity index is 799. The summed E-state index contributed by atoms with van der Waals surface area (Å²) in [4.78, 5) is 15.3. The summed E-state index contributed by atoms with van der Waals surface area (Å²) >= 11 is 0. The molecule has 1 aliphatic carbocycles. The Morgan fingerprint density at radius 1 is 1.22 bits per heavy atom. The van der Waals surface area contributed by atoms with E-state index in [0.717, 1.165) is 57.3 Å². The first-order valence-corrected chi connectivity index (χ1v) is 9.88. The number of halogens is 1. The van der Waals surface area contributed by atoms with E-state index in [0.29, 0.717) is 11.7 Å². The quantitative estimate of drug-likeness (QED) is 0.855. The van der Waals surface area contributed by atoms with Crippen LogP contribution in [0.15, 0.2) is 24.3 Å². The Morgan fingerprint density at radius 3 is 2.70 bits per heavy atom. The van der Waals surface area contributed by atoms with Crippen molar-refractivity contribution in [3.63, 3.8) is 0 Å². The number of hydrogen-bond donors (Lipinski definition) is 1. The molecular weight excluding hydrogens is 360 g/mol.